The quantitative estimate of drug-likeness (QED) is 0.0906. The van der Waals surface area contributed by atoms with Crippen LogP contribution in [0.25, 0.3) is 10.9 Å². The van der Waals surface area contributed by atoms with Gasteiger partial charge in [0.15, 0.2) is 0 Å². The molecule has 67 heavy (non-hydrogen) atoms. The zero-order chi connectivity index (χ0) is 47.4. The van der Waals surface area contributed by atoms with Gasteiger partial charge in [0.05, 0.1) is 40.1 Å². The molecule has 18 heteroatoms. The molecule has 13 nitrogen and oxygen atoms in total. The van der Waals surface area contributed by atoms with Crippen molar-refractivity contribution in [1.29, 1.82) is 0 Å². The molecule has 4 fully saturated rings. The molecule has 4 aliphatic heterocycles. The second-order valence-corrected chi connectivity index (χ2v) is 23.0. The number of amides is 2. The van der Waals surface area contributed by atoms with Crippen LogP contribution >= 0.6 is 23.1 Å². The van der Waals surface area contributed by atoms with E-state index in [1.807, 2.05) is 4.90 Å². The molecular weight excluding hydrogens is 946 g/mol. The summed E-state index contributed by atoms with van der Waals surface area (Å²) in [7, 11) is -1.27. The fraction of sp³-hybridized carbons (Fsp3) is 0.449. The number of anilines is 6. The highest BCUT2D eigenvalue weighted by Crippen LogP contribution is 2.46. The zero-order valence-electron chi connectivity index (χ0n) is 38.4. The highest BCUT2D eigenvalue weighted by Gasteiger charge is 2.40. The molecule has 6 heterocycles. The molecule has 0 aliphatic carbocycles. The fourth-order valence-corrected chi connectivity index (χ4v) is 12.4. The maximum Gasteiger partial charge on any atom is 0.234 e. The Morgan fingerprint density at radius 2 is 1.52 bits per heavy atom. The molecule has 354 valence electrons. The Morgan fingerprint density at radius 3 is 2.18 bits per heavy atom. The van der Waals surface area contributed by atoms with Gasteiger partial charge < -0.3 is 34.6 Å². The zero-order valence-corrected chi connectivity index (χ0v) is 40.9. The lowest BCUT2D eigenvalue weighted by molar-refractivity contribution is -0.134. The van der Waals surface area contributed by atoms with E-state index >= 15 is 8.78 Å². The lowest BCUT2D eigenvalue weighted by atomic mass is 9.70. The third-order valence-corrected chi connectivity index (χ3v) is 16.6. The molecule has 1 spiro atoms. The average molecular weight is 1000 g/mol. The van der Waals surface area contributed by atoms with Gasteiger partial charge in [0.2, 0.25) is 17.8 Å². The summed E-state index contributed by atoms with van der Waals surface area (Å²) < 4.78 is 65.5. The second kappa shape index (κ2) is 18.7. The number of halogens is 4. The lowest BCUT2D eigenvalue weighted by Gasteiger charge is -2.50. The van der Waals surface area contributed by atoms with Crippen LogP contribution in [0, 0.1) is 36.7 Å². The lowest BCUT2D eigenvalue weighted by Crippen LogP contribution is -2.52. The summed E-state index contributed by atoms with van der Waals surface area (Å²) in [6, 6.07) is 12.2. The maximum atomic E-state index is 15.3. The Morgan fingerprint density at radius 1 is 0.836 bits per heavy atom. The van der Waals surface area contributed by atoms with Crippen molar-refractivity contribution in [3.05, 3.63) is 87.4 Å². The standard InChI is InChI=1S/C49H56BrF3N9O4P/c1-28-22-40(57-48-54-27-34(50)46(59-48)56-39-8-7-38-33(45(39)67(4,5)65)25-35(51)29(2)55-38)42(66-3)26-41(28)62-20-14-49(15-21-62)12-18-61(19-13-49)30-10-16-60(17-11-30)31-23-36(52)44(37(53)24-31)32-6-9-43(63)58-47(32)64/h7-8,22-27,30,32H,6,9-21H2,1-5H3,(H,58,63,64)(H2,54,56,57,59)/t32-/m1/s1. The van der Waals surface area contributed by atoms with Gasteiger partial charge in [-0.15, -0.1) is 0 Å². The molecule has 3 aromatic carbocycles. The van der Waals surface area contributed by atoms with Crippen molar-refractivity contribution >= 4 is 85.6 Å². The monoisotopic (exact) mass is 1000 g/mol. The molecule has 0 unspecified atom stereocenters. The summed E-state index contributed by atoms with van der Waals surface area (Å²) >= 11 is 3.56. The number of ether oxygens (including phenoxy) is 1. The van der Waals surface area contributed by atoms with Crippen LogP contribution in [0.2, 0.25) is 0 Å². The molecule has 0 saturated carbocycles. The number of nitrogens with zero attached hydrogens (tertiary/aromatic N) is 6. The largest absolute Gasteiger partial charge is 0.494 e. The number of aromatic nitrogens is 3. The number of imide groups is 1. The van der Waals surface area contributed by atoms with Crippen LogP contribution < -0.4 is 35.8 Å². The molecule has 4 aliphatic rings. The van der Waals surface area contributed by atoms with Gasteiger partial charge in [-0.2, -0.15) is 4.98 Å². The van der Waals surface area contributed by atoms with E-state index in [1.165, 1.54) is 18.2 Å². The number of carbonyl (C=O) groups is 2. The first-order chi connectivity index (χ1) is 32.0. The number of nitrogens with one attached hydrogen (secondary N) is 3. The summed E-state index contributed by atoms with van der Waals surface area (Å²) in [6.45, 7) is 12.4. The van der Waals surface area contributed by atoms with Gasteiger partial charge in [-0.1, -0.05) is 0 Å². The van der Waals surface area contributed by atoms with Gasteiger partial charge in [-0.05, 0) is 149 Å². The number of hydrogen-bond acceptors (Lipinski definition) is 12. The Kier molecular flexibility index (Phi) is 13.1. The third kappa shape index (κ3) is 9.61. The molecule has 2 aromatic heterocycles. The molecule has 0 bridgehead atoms. The first-order valence-electron chi connectivity index (χ1n) is 23.0. The van der Waals surface area contributed by atoms with E-state index in [0.717, 1.165) is 76.0 Å². The van der Waals surface area contributed by atoms with Crippen LogP contribution in [0.3, 0.4) is 0 Å². The van der Waals surface area contributed by atoms with E-state index in [-0.39, 0.29) is 24.1 Å². The highest BCUT2D eigenvalue weighted by atomic mass is 79.9. The Bertz CT molecular complexity index is 2780. The fourth-order valence-electron chi connectivity index (χ4n) is 10.7. The van der Waals surface area contributed by atoms with Crippen molar-refractivity contribution < 1.29 is 32.1 Å². The molecular formula is C49H56BrF3N9O4P. The second-order valence-electron chi connectivity index (χ2n) is 19.0. The smallest absolute Gasteiger partial charge is 0.234 e. The van der Waals surface area contributed by atoms with E-state index < -0.39 is 42.3 Å². The maximum absolute atomic E-state index is 15.3. The van der Waals surface area contributed by atoms with Crippen LogP contribution in [0.15, 0.2) is 53.1 Å². The minimum Gasteiger partial charge on any atom is -0.494 e. The molecule has 3 N–H and O–H groups in total. The van der Waals surface area contributed by atoms with Gasteiger partial charge in [-0.3, -0.25) is 19.9 Å². The molecule has 4 saturated heterocycles. The number of aryl methyl sites for hydroxylation is 2. The van der Waals surface area contributed by atoms with Crippen molar-refractivity contribution in [3.8, 4) is 5.75 Å². The third-order valence-electron chi connectivity index (χ3n) is 14.4. The Hall–Kier alpha value is -5.25. The molecule has 5 aromatic rings. The van der Waals surface area contributed by atoms with E-state index in [1.54, 1.807) is 45.7 Å². The van der Waals surface area contributed by atoms with Crippen molar-refractivity contribution in [1.82, 2.24) is 25.2 Å². The topological polar surface area (TPSA) is 145 Å². The van der Waals surface area contributed by atoms with Crippen molar-refractivity contribution in [2.24, 2.45) is 5.41 Å². The summed E-state index contributed by atoms with van der Waals surface area (Å²) in [5.74, 6) is -2.62. The number of carbonyl (C=O) groups excluding carboxylic acids is 2. The van der Waals surface area contributed by atoms with E-state index in [0.29, 0.717) is 79.8 Å². The summed E-state index contributed by atoms with van der Waals surface area (Å²) in [5, 5.41) is 9.84. The van der Waals surface area contributed by atoms with Crippen molar-refractivity contribution in [2.45, 2.75) is 77.2 Å². The first-order valence-corrected chi connectivity index (χ1v) is 26.4. The number of pyridine rings is 1. The minimum atomic E-state index is -2.92. The molecule has 1 atom stereocenters. The van der Waals surface area contributed by atoms with Crippen LogP contribution in [0.1, 0.15) is 74.1 Å². The van der Waals surface area contributed by atoms with Crippen LogP contribution in [0.4, 0.5) is 47.7 Å². The number of benzene rings is 3. The minimum absolute atomic E-state index is 0.0599. The highest BCUT2D eigenvalue weighted by molar-refractivity contribution is 9.10. The average Bonchev–Trinajstić information content (AvgIpc) is 3.29. The molecule has 2 amide bonds. The van der Waals surface area contributed by atoms with E-state index in [4.69, 9.17) is 9.72 Å². The number of methoxy groups -OCH3 is 1. The Labute approximate surface area is 397 Å². The summed E-state index contributed by atoms with van der Waals surface area (Å²) in [5.41, 5.74) is 4.82. The number of fused-ring (bicyclic) bond motifs is 1. The predicted octanol–water partition coefficient (Wildman–Crippen LogP) is 9.44. The summed E-state index contributed by atoms with van der Waals surface area (Å²) in [4.78, 5) is 44.7. The first kappa shape index (κ1) is 46.8. The SMILES string of the molecule is COc1cc(N2CCC3(CC2)CCN(C2CCN(c4cc(F)c([C@H]5CCC(=O)NC5=O)c(F)c4)CC2)CC3)c(C)cc1Nc1ncc(Br)c(Nc2ccc3nc(C)c(F)cc3c2P(C)(C)=O)n1. The number of likely N-dealkylation sites (tertiary alicyclic amines) is 1. The summed E-state index contributed by atoms with van der Waals surface area (Å²) in [6.07, 6.45) is 8.09. The van der Waals surface area contributed by atoms with Gasteiger partial charge >= 0.3 is 0 Å². The van der Waals surface area contributed by atoms with Gasteiger partial charge in [-0.25, -0.2) is 18.2 Å². The normalized spacial score (nSPS) is 19.5. The van der Waals surface area contributed by atoms with Crippen LogP contribution in [-0.4, -0.2) is 97.4 Å². The number of piperidine rings is 4. The van der Waals surface area contributed by atoms with Crippen LogP contribution in [0.5, 0.6) is 5.75 Å². The number of hydrogen-bond donors (Lipinski definition) is 3. The van der Waals surface area contributed by atoms with Crippen molar-refractivity contribution in [3.63, 3.8) is 0 Å². The predicted molar refractivity (Wildman–Crippen MR) is 261 cm³/mol. The van der Waals surface area contributed by atoms with E-state index in [9.17, 15) is 18.5 Å². The molecule has 0 radical (unpaired) electrons. The molecule has 9 rings (SSSR count). The van der Waals surface area contributed by atoms with Crippen LogP contribution in [-0.2, 0) is 14.2 Å². The van der Waals surface area contributed by atoms with E-state index in [2.05, 4.69) is 70.7 Å². The van der Waals surface area contributed by atoms with Crippen molar-refractivity contribution in [2.75, 3.05) is 80.1 Å². The van der Waals surface area contributed by atoms with Gasteiger partial charge in [0.25, 0.3) is 0 Å². The van der Waals surface area contributed by atoms with Gasteiger partial charge in [0.1, 0.15) is 36.2 Å². The Balaban J connectivity index is 0.802. The number of rotatable bonds is 10. The van der Waals surface area contributed by atoms with Gasteiger partial charge in [0, 0.05) is 78.5 Å².